The highest BCUT2D eigenvalue weighted by molar-refractivity contribution is 7.89. The minimum absolute atomic E-state index is 0.0358. The standard InChI is InChI=1S/C28H38F3N7O3S/c1-16(2)38-25-23(14-32-27(35-25)33-19-6-8-20(9-7-19)37(3)4)34-24(26(38)39)17-5-10-22(21(29)13-17)36-42(40,41)15-18-11-12-28(18,30)31/h5,10,16,18-20,36H,6-9,11-15H2,1-4H3,(H,32,33). The average molecular weight is 610 g/mol. The SMILES string of the molecule is CC(C)n1c2c(nc(=C3C=CC(NS(=O)(=O)CC4CCC4(F)F)=C(F)C3)c1=O)CN=C(NC1CCC(N(C)C)CC1)N=2. The molecule has 0 spiro atoms. The third-order valence-electron chi connectivity index (χ3n) is 8.52. The molecule has 5 rings (SSSR count). The second-order valence-corrected chi connectivity index (χ2v) is 13.9. The Bertz CT molecular complexity index is 1620. The molecule has 0 radical (unpaired) electrons. The molecular formula is C28H38F3N7O3S. The van der Waals surface area contributed by atoms with Crippen molar-refractivity contribution < 1.29 is 21.6 Å². The lowest BCUT2D eigenvalue weighted by molar-refractivity contribution is -0.122. The van der Waals surface area contributed by atoms with E-state index >= 15 is 4.39 Å². The Hall–Kier alpha value is -3.00. The summed E-state index contributed by atoms with van der Waals surface area (Å²) >= 11 is 0. The Balaban J connectivity index is 1.38. The topological polar surface area (TPSA) is 121 Å². The van der Waals surface area contributed by atoms with Gasteiger partial charge in [-0.1, -0.05) is 6.08 Å². The fraction of sp³-hybridized carbons (Fsp3) is 0.643. The second kappa shape index (κ2) is 11.6. The molecule has 2 fully saturated rings. The fourth-order valence-electron chi connectivity index (χ4n) is 5.87. The van der Waals surface area contributed by atoms with Gasteiger partial charge in [0.1, 0.15) is 16.9 Å². The van der Waals surface area contributed by atoms with Crippen LogP contribution in [-0.2, 0) is 16.6 Å². The van der Waals surface area contributed by atoms with Gasteiger partial charge in [0.05, 0.1) is 18.0 Å². The van der Waals surface area contributed by atoms with Crippen LogP contribution in [0.2, 0.25) is 0 Å². The molecule has 10 nitrogen and oxygen atoms in total. The molecule has 1 unspecified atom stereocenters. The minimum atomic E-state index is -4.19. The van der Waals surface area contributed by atoms with Gasteiger partial charge >= 0.3 is 0 Å². The van der Waals surface area contributed by atoms with Crippen LogP contribution in [0.3, 0.4) is 0 Å². The molecule has 0 amide bonds. The molecule has 14 heteroatoms. The van der Waals surface area contributed by atoms with Gasteiger partial charge in [0, 0.05) is 36.9 Å². The van der Waals surface area contributed by atoms with Crippen LogP contribution in [0.25, 0.3) is 5.57 Å². The van der Waals surface area contributed by atoms with E-state index < -0.39 is 39.0 Å². The van der Waals surface area contributed by atoms with Crippen LogP contribution in [0.4, 0.5) is 13.2 Å². The number of alkyl halides is 2. The van der Waals surface area contributed by atoms with Crippen molar-refractivity contribution in [3.8, 4) is 0 Å². The fourth-order valence-corrected chi connectivity index (χ4v) is 7.41. The third kappa shape index (κ3) is 6.34. The molecule has 1 aromatic rings. The molecule has 4 aliphatic rings. The average Bonchev–Trinajstić information content (AvgIpc) is 2.92. The molecule has 2 saturated carbocycles. The van der Waals surface area contributed by atoms with E-state index in [9.17, 15) is 22.0 Å². The Labute approximate surface area is 243 Å². The van der Waals surface area contributed by atoms with E-state index in [-0.39, 0.29) is 54.5 Å². The van der Waals surface area contributed by atoms with Crippen LogP contribution in [0.15, 0.2) is 38.5 Å². The van der Waals surface area contributed by atoms with E-state index in [1.165, 1.54) is 16.7 Å². The largest absolute Gasteiger partial charge is 0.352 e. The molecule has 42 heavy (non-hydrogen) atoms. The van der Waals surface area contributed by atoms with E-state index in [2.05, 4.69) is 44.0 Å². The van der Waals surface area contributed by atoms with Gasteiger partial charge in [0.25, 0.3) is 11.5 Å². The van der Waals surface area contributed by atoms with Gasteiger partial charge in [0.15, 0.2) is 5.49 Å². The summed E-state index contributed by atoms with van der Waals surface area (Å²) in [4.78, 5) is 29.6. The Morgan fingerprint density at radius 3 is 2.43 bits per heavy atom. The number of fused-ring (bicyclic) bond motifs is 1. The molecule has 1 atom stereocenters. The number of guanidine groups is 1. The van der Waals surface area contributed by atoms with Crippen LogP contribution in [-0.4, -0.2) is 66.7 Å². The zero-order chi connectivity index (χ0) is 30.4. The second-order valence-electron chi connectivity index (χ2n) is 12.1. The third-order valence-corrected chi connectivity index (χ3v) is 9.90. The Morgan fingerprint density at radius 2 is 1.86 bits per heavy atom. The van der Waals surface area contributed by atoms with Crippen molar-refractivity contribution in [2.75, 3.05) is 19.8 Å². The first-order chi connectivity index (χ1) is 19.7. The maximum Gasteiger partial charge on any atom is 0.278 e. The summed E-state index contributed by atoms with van der Waals surface area (Å²) in [6.07, 6.45) is 6.14. The van der Waals surface area contributed by atoms with Gasteiger partial charge in [-0.2, -0.15) is 4.99 Å². The molecule has 0 bridgehead atoms. The minimum Gasteiger partial charge on any atom is -0.352 e. The predicted molar refractivity (Wildman–Crippen MR) is 154 cm³/mol. The number of rotatable bonds is 7. The molecule has 1 aromatic heterocycles. The van der Waals surface area contributed by atoms with Gasteiger partial charge in [-0.25, -0.2) is 31.6 Å². The number of aliphatic imine (C=N–C) groups is 1. The number of aromatic nitrogens is 2. The summed E-state index contributed by atoms with van der Waals surface area (Å²) in [5.41, 5.74) is 0.394. The lowest BCUT2D eigenvalue weighted by Gasteiger charge is -2.35. The maximum absolute atomic E-state index is 15.1. The number of nitrogens with zero attached hydrogens (tertiary/aromatic N) is 5. The van der Waals surface area contributed by atoms with E-state index in [4.69, 9.17) is 0 Å². The molecular weight excluding hydrogens is 571 g/mol. The summed E-state index contributed by atoms with van der Waals surface area (Å²) in [6, 6.07) is 0.531. The summed E-state index contributed by atoms with van der Waals surface area (Å²) in [7, 11) is -0.00427. The zero-order valence-electron chi connectivity index (χ0n) is 24.3. The van der Waals surface area contributed by atoms with E-state index in [1.54, 1.807) is 0 Å². The quantitative estimate of drug-likeness (QED) is 0.488. The van der Waals surface area contributed by atoms with Gasteiger partial charge in [-0.15, -0.1) is 0 Å². The predicted octanol–water partition coefficient (Wildman–Crippen LogP) is 2.03. The normalized spacial score (nSPS) is 26.9. The summed E-state index contributed by atoms with van der Waals surface area (Å²) in [6.45, 7) is 3.89. The number of hydrogen-bond acceptors (Lipinski definition) is 8. The molecule has 2 N–H and O–H groups in total. The molecule has 230 valence electrons. The van der Waals surface area contributed by atoms with Gasteiger partial charge < -0.3 is 10.2 Å². The number of halogens is 3. The van der Waals surface area contributed by atoms with E-state index in [0.717, 1.165) is 25.7 Å². The van der Waals surface area contributed by atoms with Crippen molar-refractivity contribution in [3.63, 3.8) is 0 Å². The summed E-state index contributed by atoms with van der Waals surface area (Å²) < 4.78 is 70.8. The number of sulfonamides is 1. The summed E-state index contributed by atoms with van der Waals surface area (Å²) in [5, 5.41) is 3.46. The van der Waals surface area contributed by atoms with Gasteiger partial charge in [-0.05, 0) is 71.7 Å². The lowest BCUT2D eigenvalue weighted by Crippen LogP contribution is -2.51. The first kappa shape index (κ1) is 30.5. The first-order valence-corrected chi connectivity index (χ1v) is 16.0. The van der Waals surface area contributed by atoms with Crippen molar-refractivity contribution in [2.45, 2.75) is 89.4 Å². The van der Waals surface area contributed by atoms with Crippen LogP contribution >= 0.6 is 0 Å². The van der Waals surface area contributed by atoms with Gasteiger partial charge in [-0.3, -0.25) is 14.1 Å². The first-order valence-electron chi connectivity index (χ1n) is 14.4. The van der Waals surface area contributed by atoms with Crippen molar-refractivity contribution >= 4 is 21.6 Å². The number of allylic oxidation sites excluding steroid dienone is 3. The maximum atomic E-state index is 15.1. The van der Waals surface area contributed by atoms with Crippen LogP contribution in [0.1, 0.15) is 70.5 Å². The highest BCUT2D eigenvalue weighted by Crippen LogP contribution is 2.44. The Kier molecular flexibility index (Phi) is 8.40. The molecule has 1 aliphatic heterocycles. The highest BCUT2D eigenvalue weighted by Gasteiger charge is 2.50. The number of hydrogen-bond donors (Lipinski definition) is 2. The smallest absolute Gasteiger partial charge is 0.278 e. The van der Waals surface area contributed by atoms with Crippen LogP contribution < -0.4 is 26.4 Å². The van der Waals surface area contributed by atoms with E-state index in [0.29, 0.717) is 23.2 Å². The van der Waals surface area contributed by atoms with Crippen LogP contribution in [0, 0.1) is 5.92 Å². The molecule has 0 aromatic carbocycles. The molecule has 0 saturated heterocycles. The van der Waals surface area contributed by atoms with Crippen molar-refractivity contribution in [2.24, 2.45) is 15.9 Å². The monoisotopic (exact) mass is 609 g/mol. The molecule has 3 aliphatic carbocycles. The van der Waals surface area contributed by atoms with Crippen LogP contribution in [0.5, 0.6) is 0 Å². The van der Waals surface area contributed by atoms with Gasteiger partial charge in [0.2, 0.25) is 16.0 Å². The lowest BCUT2D eigenvalue weighted by atomic mass is 9.82. The summed E-state index contributed by atoms with van der Waals surface area (Å²) in [5.74, 6) is -5.47. The highest BCUT2D eigenvalue weighted by atomic mass is 32.2. The van der Waals surface area contributed by atoms with E-state index in [1.807, 2.05) is 13.8 Å². The zero-order valence-corrected chi connectivity index (χ0v) is 25.1. The van der Waals surface area contributed by atoms with Crippen molar-refractivity contribution in [3.05, 3.63) is 50.6 Å². The Morgan fingerprint density at radius 1 is 1.14 bits per heavy atom. The molecule has 2 heterocycles. The van der Waals surface area contributed by atoms with Crippen molar-refractivity contribution in [1.29, 1.82) is 0 Å². The van der Waals surface area contributed by atoms with Crippen molar-refractivity contribution in [1.82, 2.24) is 24.5 Å². The number of nitrogens with one attached hydrogen (secondary N) is 2.